The number of nitrogens with one attached hydrogen (secondary N) is 1. The highest BCUT2D eigenvalue weighted by Gasteiger charge is 2.00. The highest BCUT2D eigenvalue weighted by Crippen LogP contribution is 2.09. The first kappa shape index (κ1) is 12.8. The Morgan fingerprint density at radius 3 is 3.00 bits per heavy atom. The number of rotatable bonds is 5. The maximum atomic E-state index is 8.89. The number of anilines is 1. The smallest absolute Gasteiger partial charge is 0.145 e. The van der Waals surface area contributed by atoms with E-state index >= 15 is 0 Å². The summed E-state index contributed by atoms with van der Waals surface area (Å²) >= 11 is 0. The Morgan fingerprint density at radius 1 is 1.37 bits per heavy atom. The number of pyridine rings is 2. The zero-order chi connectivity index (χ0) is 13.5. The molecule has 96 valence electrons. The van der Waals surface area contributed by atoms with Crippen molar-refractivity contribution in [3.8, 4) is 11.8 Å². The van der Waals surface area contributed by atoms with E-state index in [4.69, 9.17) is 10.00 Å². The van der Waals surface area contributed by atoms with Crippen molar-refractivity contribution in [1.29, 1.82) is 5.26 Å². The summed E-state index contributed by atoms with van der Waals surface area (Å²) in [5.74, 6) is 1.41. The maximum Gasteiger partial charge on any atom is 0.145 e. The first-order valence-corrected chi connectivity index (χ1v) is 5.94. The summed E-state index contributed by atoms with van der Waals surface area (Å²) in [5.41, 5.74) is 1.32. The van der Waals surface area contributed by atoms with Crippen molar-refractivity contribution in [3.05, 3.63) is 47.9 Å². The number of hydrogen-bond acceptors (Lipinski definition) is 5. The van der Waals surface area contributed by atoms with Crippen LogP contribution in [0.4, 0.5) is 5.82 Å². The van der Waals surface area contributed by atoms with Crippen LogP contribution in [0.15, 0.2) is 36.7 Å². The third-order valence-electron chi connectivity index (χ3n) is 2.51. The lowest BCUT2D eigenvalue weighted by molar-refractivity contribution is 0.331. The molecule has 0 aliphatic carbocycles. The molecule has 0 radical (unpaired) electrons. The molecule has 0 unspecified atom stereocenters. The van der Waals surface area contributed by atoms with Crippen LogP contribution in [0.5, 0.6) is 5.75 Å². The number of aryl methyl sites for hydroxylation is 1. The van der Waals surface area contributed by atoms with Gasteiger partial charge in [-0.1, -0.05) is 6.07 Å². The first-order valence-electron chi connectivity index (χ1n) is 5.94. The van der Waals surface area contributed by atoms with Gasteiger partial charge in [0.15, 0.2) is 0 Å². The summed E-state index contributed by atoms with van der Waals surface area (Å²) in [6, 6.07) is 9.45. The van der Waals surface area contributed by atoms with E-state index in [0.29, 0.717) is 24.7 Å². The van der Waals surface area contributed by atoms with Crippen molar-refractivity contribution in [1.82, 2.24) is 9.97 Å². The molecule has 5 heteroatoms. The van der Waals surface area contributed by atoms with Crippen LogP contribution >= 0.6 is 0 Å². The minimum Gasteiger partial charge on any atom is -0.490 e. The van der Waals surface area contributed by atoms with Gasteiger partial charge in [0.2, 0.25) is 0 Å². The Hall–Kier alpha value is -2.61. The third kappa shape index (κ3) is 3.68. The molecule has 0 aliphatic heterocycles. The van der Waals surface area contributed by atoms with Crippen LogP contribution in [0.2, 0.25) is 0 Å². The molecule has 19 heavy (non-hydrogen) atoms. The molecule has 1 N–H and O–H groups in total. The normalized spacial score (nSPS) is 9.68. The molecule has 0 saturated heterocycles. The predicted octanol–water partition coefficient (Wildman–Crippen LogP) is 2.15. The number of hydrogen-bond donors (Lipinski definition) is 1. The van der Waals surface area contributed by atoms with Crippen LogP contribution in [0.3, 0.4) is 0 Å². The SMILES string of the molecule is Cc1ccc(NCCOc2cccnc2)nc1C#N. The molecular weight excluding hydrogens is 240 g/mol. The van der Waals surface area contributed by atoms with E-state index in [1.165, 1.54) is 0 Å². The summed E-state index contributed by atoms with van der Waals surface area (Å²) in [6.45, 7) is 2.97. The molecule has 2 rings (SSSR count). The maximum absolute atomic E-state index is 8.89. The molecule has 0 spiro atoms. The molecule has 0 saturated carbocycles. The van der Waals surface area contributed by atoms with Crippen molar-refractivity contribution in [3.63, 3.8) is 0 Å². The highest BCUT2D eigenvalue weighted by molar-refractivity contribution is 5.42. The van der Waals surface area contributed by atoms with E-state index < -0.39 is 0 Å². The van der Waals surface area contributed by atoms with Gasteiger partial charge < -0.3 is 10.1 Å². The Kier molecular flexibility index (Phi) is 4.29. The van der Waals surface area contributed by atoms with E-state index in [-0.39, 0.29) is 0 Å². The lowest BCUT2D eigenvalue weighted by Crippen LogP contribution is -2.12. The third-order valence-corrected chi connectivity index (χ3v) is 2.51. The van der Waals surface area contributed by atoms with Gasteiger partial charge in [0.1, 0.15) is 29.9 Å². The van der Waals surface area contributed by atoms with Gasteiger partial charge in [-0.2, -0.15) is 5.26 Å². The van der Waals surface area contributed by atoms with E-state index in [9.17, 15) is 0 Å². The van der Waals surface area contributed by atoms with Crippen LogP contribution in [0, 0.1) is 18.3 Å². The molecule has 0 aromatic carbocycles. The molecule has 2 heterocycles. The number of ether oxygens (including phenoxy) is 1. The van der Waals surface area contributed by atoms with Gasteiger partial charge in [-0.05, 0) is 30.7 Å². The molecule has 2 aromatic rings. The second-order valence-corrected chi connectivity index (χ2v) is 3.94. The summed E-state index contributed by atoms with van der Waals surface area (Å²) < 4.78 is 5.49. The fourth-order valence-electron chi connectivity index (χ4n) is 1.52. The van der Waals surface area contributed by atoms with Crippen LogP contribution in [-0.4, -0.2) is 23.1 Å². The Balaban J connectivity index is 1.82. The van der Waals surface area contributed by atoms with Crippen molar-refractivity contribution >= 4 is 5.82 Å². The molecular formula is C14H14N4O. The van der Waals surface area contributed by atoms with E-state index in [2.05, 4.69) is 21.4 Å². The quantitative estimate of drug-likeness (QED) is 0.828. The van der Waals surface area contributed by atoms with Crippen molar-refractivity contribution in [2.24, 2.45) is 0 Å². The average Bonchev–Trinajstić information content (AvgIpc) is 2.46. The van der Waals surface area contributed by atoms with Crippen LogP contribution < -0.4 is 10.1 Å². The Bertz CT molecular complexity index is 578. The zero-order valence-electron chi connectivity index (χ0n) is 10.6. The van der Waals surface area contributed by atoms with Gasteiger partial charge in [-0.3, -0.25) is 4.98 Å². The monoisotopic (exact) mass is 254 g/mol. The predicted molar refractivity (Wildman–Crippen MR) is 71.9 cm³/mol. The number of aromatic nitrogens is 2. The van der Waals surface area contributed by atoms with Crippen LogP contribution in [0.25, 0.3) is 0 Å². The molecule has 0 atom stereocenters. The van der Waals surface area contributed by atoms with Gasteiger partial charge in [0, 0.05) is 6.20 Å². The molecule has 0 amide bonds. The standard InChI is InChI=1S/C14H14N4O/c1-11-4-5-14(18-13(11)9-15)17-7-8-19-12-3-2-6-16-10-12/h2-6,10H,7-8H2,1H3,(H,17,18). The summed E-state index contributed by atoms with van der Waals surface area (Å²) in [4.78, 5) is 8.16. The fourth-order valence-corrected chi connectivity index (χ4v) is 1.52. The van der Waals surface area contributed by atoms with E-state index in [0.717, 1.165) is 11.3 Å². The number of nitrogens with zero attached hydrogens (tertiary/aromatic N) is 3. The fraction of sp³-hybridized carbons (Fsp3) is 0.214. The second-order valence-electron chi connectivity index (χ2n) is 3.94. The summed E-state index contributed by atoms with van der Waals surface area (Å²) in [6.07, 6.45) is 3.36. The first-order chi connectivity index (χ1) is 9.29. The number of nitriles is 1. The van der Waals surface area contributed by atoms with Crippen molar-refractivity contribution < 1.29 is 4.74 Å². The molecule has 0 aliphatic rings. The van der Waals surface area contributed by atoms with E-state index in [1.54, 1.807) is 12.4 Å². The van der Waals surface area contributed by atoms with Crippen LogP contribution in [-0.2, 0) is 0 Å². The minimum absolute atomic E-state index is 0.443. The van der Waals surface area contributed by atoms with Gasteiger partial charge >= 0.3 is 0 Å². The Morgan fingerprint density at radius 2 is 2.26 bits per heavy atom. The van der Waals surface area contributed by atoms with E-state index in [1.807, 2.05) is 31.2 Å². The zero-order valence-corrected chi connectivity index (χ0v) is 10.6. The summed E-state index contributed by atoms with van der Waals surface area (Å²) in [7, 11) is 0. The van der Waals surface area contributed by atoms with Crippen LogP contribution in [0.1, 0.15) is 11.3 Å². The molecule has 5 nitrogen and oxygen atoms in total. The van der Waals surface area contributed by atoms with Gasteiger partial charge in [-0.15, -0.1) is 0 Å². The molecule has 0 bridgehead atoms. The lowest BCUT2D eigenvalue weighted by Gasteiger charge is -2.08. The second kappa shape index (κ2) is 6.36. The molecule has 0 fully saturated rings. The average molecular weight is 254 g/mol. The van der Waals surface area contributed by atoms with Crippen molar-refractivity contribution in [2.45, 2.75) is 6.92 Å². The Labute approximate surface area is 111 Å². The van der Waals surface area contributed by atoms with Gasteiger partial charge in [0.05, 0.1) is 12.7 Å². The van der Waals surface area contributed by atoms with Crippen molar-refractivity contribution in [2.75, 3.05) is 18.5 Å². The molecule has 2 aromatic heterocycles. The summed E-state index contributed by atoms with van der Waals surface area (Å²) in [5, 5.41) is 12.0. The lowest BCUT2D eigenvalue weighted by atomic mass is 10.2. The highest BCUT2D eigenvalue weighted by atomic mass is 16.5. The topological polar surface area (TPSA) is 70.8 Å². The minimum atomic E-state index is 0.443. The van der Waals surface area contributed by atoms with Gasteiger partial charge in [-0.25, -0.2) is 4.98 Å². The van der Waals surface area contributed by atoms with Gasteiger partial charge in [0.25, 0.3) is 0 Å². The largest absolute Gasteiger partial charge is 0.490 e.